The number of rotatable bonds is 3. The number of hydrogen-bond acceptors (Lipinski definition) is 4. The van der Waals surface area contributed by atoms with Crippen molar-refractivity contribution in [3.05, 3.63) is 54.4 Å². The van der Waals surface area contributed by atoms with Crippen LogP contribution in [0.3, 0.4) is 0 Å². The second kappa shape index (κ2) is 7.45. The minimum absolute atomic E-state index is 0.0255. The molecule has 2 heterocycles. The smallest absolute Gasteiger partial charge is 0.409 e. The summed E-state index contributed by atoms with van der Waals surface area (Å²) in [5.41, 5.74) is 9.74. The molecule has 1 fully saturated rings. The Labute approximate surface area is 142 Å². The van der Waals surface area contributed by atoms with Crippen LogP contribution in [-0.4, -0.2) is 41.7 Å². The van der Waals surface area contributed by atoms with E-state index >= 15 is 0 Å². The van der Waals surface area contributed by atoms with E-state index in [-0.39, 0.29) is 18.2 Å². The Morgan fingerprint density at radius 2 is 2.08 bits per heavy atom. The van der Waals surface area contributed by atoms with E-state index in [2.05, 4.69) is 23.2 Å². The van der Waals surface area contributed by atoms with Crippen LogP contribution in [0.25, 0.3) is 11.1 Å². The molecule has 2 N–H and O–H groups in total. The lowest BCUT2D eigenvalue weighted by Gasteiger charge is -2.39. The van der Waals surface area contributed by atoms with Crippen LogP contribution >= 0.6 is 0 Å². The van der Waals surface area contributed by atoms with Gasteiger partial charge in [-0.25, -0.2) is 4.79 Å². The predicted octanol–water partition coefficient (Wildman–Crippen LogP) is 2.85. The number of ether oxygens (including phenoxy) is 1. The normalized spacial score (nSPS) is 20.7. The Bertz CT molecular complexity index is 690. The van der Waals surface area contributed by atoms with Crippen molar-refractivity contribution in [2.45, 2.75) is 31.3 Å². The molecular weight excluding hydrogens is 302 g/mol. The molecule has 24 heavy (non-hydrogen) atoms. The standard InChI is InChI=1S/C19H23N3O2/c1-24-19(23)22-11-3-6-17(20)18(22)13-14-4-2-5-16(12-14)15-7-9-21-10-8-15/h2,4-5,7-10,12,17-18H,3,6,11,13,20H2,1H3. The Hall–Kier alpha value is -2.40. The maximum atomic E-state index is 12.0. The molecule has 2 unspecified atom stereocenters. The number of hydrogen-bond donors (Lipinski definition) is 1. The number of carbonyl (C=O) groups is 1. The minimum atomic E-state index is -0.291. The van der Waals surface area contributed by atoms with Gasteiger partial charge in [0.15, 0.2) is 0 Å². The van der Waals surface area contributed by atoms with Crippen molar-refractivity contribution >= 4 is 6.09 Å². The Balaban J connectivity index is 1.82. The van der Waals surface area contributed by atoms with Gasteiger partial charge in [-0.2, -0.15) is 0 Å². The molecule has 3 rings (SSSR count). The predicted molar refractivity (Wildman–Crippen MR) is 93.5 cm³/mol. The summed E-state index contributed by atoms with van der Waals surface area (Å²) >= 11 is 0. The molecule has 2 aromatic rings. The SMILES string of the molecule is COC(=O)N1CCCC(N)C1Cc1cccc(-c2ccncc2)c1. The topological polar surface area (TPSA) is 68.5 Å². The fraction of sp³-hybridized carbons (Fsp3) is 0.368. The van der Waals surface area contributed by atoms with Crippen molar-refractivity contribution < 1.29 is 9.53 Å². The largest absolute Gasteiger partial charge is 0.453 e. The molecule has 1 aliphatic rings. The number of nitrogens with two attached hydrogens (primary N) is 1. The summed E-state index contributed by atoms with van der Waals surface area (Å²) in [6.07, 6.45) is 5.87. The van der Waals surface area contributed by atoms with E-state index in [9.17, 15) is 4.79 Å². The van der Waals surface area contributed by atoms with Crippen molar-refractivity contribution in [1.82, 2.24) is 9.88 Å². The third-order valence-corrected chi connectivity index (χ3v) is 4.63. The molecule has 5 nitrogen and oxygen atoms in total. The van der Waals surface area contributed by atoms with Crippen molar-refractivity contribution in [2.24, 2.45) is 5.73 Å². The maximum absolute atomic E-state index is 12.0. The van der Waals surface area contributed by atoms with Crippen molar-refractivity contribution in [3.63, 3.8) is 0 Å². The summed E-state index contributed by atoms with van der Waals surface area (Å²) < 4.78 is 4.92. The average molecular weight is 325 g/mol. The zero-order chi connectivity index (χ0) is 16.9. The van der Waals surface area contributed by atoms with Crippen molar-refractivity contribution in [1.29, 1.82) is 0 Å². The lowest BCUT2D eigenvalue weighted by molar-refractivity contribution is 0.0820. The van der Waals surface area contributed by atoms with Crippen LogP contribution in [0, 0.1) is 0 Å². The molecule has 5 heteroatoms. The first kappa shape index (κ1) is 16.5. The number of amides is 1. The summed E-state index contributed by atoms with van der Waals surface area (Å²) in [4.78, 5) is 17.9. The third-order valence-electron chi connectivity index (χ3n) is 4.63. The van der Waals surface area contributed by atoms with Crippen LogP contribution in [0.15, 0.2) is 48.8 Å². The highest BCUT2D eigenvalue weighted by molar-refractivity contribution is 5.68. The van der Waals surface area contributed by atoms with Gasteiger partial charge in [0.25, 0.3) is 0 Å². The van der Waals surface area contributed by atoms with Gasteiger partial charge in [-0.05, 0) is 48.1 Å². The Kier molecular flexibility index (Phi) is 5.11. The van der Waals surface area contributed by atoms with Gasteiger partial charge in [-0.15, -0.1) is 0 Å². The molecule has 0 radical (unpaired) electrons. The number of aromatic nitrogens is 1. The number of pyridine rings is 1. The first-order valence-corrected chi connectivity index (χ1v) is 8.28. The minimum Gasteiger partial charge on any atom is -0.453 e. The monoisotopic (exact) mass is 325 g/mol. The van der Waals surface area contributed by atoms with Crippen LogP contribution in [0.4, 0.5) is 4.79 Å². The average Bonchev–Trinajstić information content (AvgIpc) is 2.64. The Morgan fingerprint density at radius 1 is 1.29 bits per heavy atom. The fourth-order valence-electron chi connectivity index (χ4n) is 3.36. The van der Waals surface area contributed by atoms with Crippen LogP contribution in [0.5, 0.6) is 0 Å². The lowest BCUT2D eigenvalue weighted by atomic mass is 9.91. The molecular formula is C19H23N3O2. The van der Waals surface area contributed by atoms with E-state index < -0.39 is 0 Å². The molecule has 1 aromatic heterocycles. The summed E-state index contributed by atoms with van der Waals surface area (Å²) in [5.74, 6) is 0. The van der Waals surface area contributed by atoms with Gasteiger partial charge in [0.05, 0.1) is 13.2 Å². The van der Waals surface area contributed by atoms with E-state index in [0.717, 1.165) is 30.4 Å². The van der Waals surface area contributed by atoms with Gasteiger partial charge in [0, 0.05) is 25.0 Å². The van der Waals surface area contributed by atoms with Crippen LogP contribution in [-0.2, 0) is 11.2 Å². The summed E-state index contributed by atoms with van der Waals surface area (Å²) in [5, 5.41) is 0. The van der Waals surface area contributed by atoms with Gasteiger partial charge in [-0.3, -0.25) is 4.98 Å². The van der Waals surface area contributed by atoms with E-state index in [4.69, 9.17) is 10.5 Å². The fourth-order valence-corrected chi connectivity index (χ4v) is 3.36. The molecule has 1 aromatic carbocycles. The second-order valence-electron chi connectivity index (χ2n) is 6.18. The molecule has 2 atom stereocenters. The second-order valence-corrected chi connectivity index (χ2v) is 6.18. The van der Waals surface area contributed by atoms with Crippen LogP contribution < -0.4 is 5.73 Å². The number of nitrogens with zero attached hydrogens (tertiary/aromatic N) is 2. The third kappa shape index (κ3) is 3.57. The highest BCUT2D eigenvalue weighted by Gasteiger charge is 2.32. The molecule has 1 saturated heterocycles. The zero-order valence-electron chi connectivity index (χ0n) is 13.9. The molecule has 1 aliphatic heterocycles. The maximum Gasteiger partial charge on any atom is 0.409 e. The quantitative estimate of drug-likeness (QED) is 0.942. The highest BCUT2D eigenvalue weighted by atomic mass is 16.5. The molecule has 0 bridgehead atoms. The summed E-state index contributed by atoms with van der Waals surface area (Å²) in [7, 11) is 1.42. The molecule has 0 aliphatic carbocycles. The highest BCUT2D eigenvalue weighted by Crippen LogP contribution is 2.24. The first-order valence-electron chi connectivity index (χ1n) is 8.28. The number of methoxy groups -OCH3 is 1. The number of likely N-dealkylation sites (tertiary alicyclic amines) is 1. The van der Waals surface area contributed by atoms with E-state index in [1.165, 1.54) is 12.7 Å². The number of benzene rings is 1. The molecule has 126 valence electrons. The van der Waals surface area contributed by atoms with Crippen LogP contribution in [0.1, 0.15) is 18.4 Å². The number of piperidine rings is 1. The van der Waals surface area contributed by atoms with Gasteiger partial charge >= 0.3 is 6.09 Å². The van der Waals surface area contributed by atoms with Gasteiger partial charge < -0.3 is 15.4 Å². The molecule has 1 amide bonds. The van der Waals surface area contributed by atoms with E-state index in [1.54, 1.807) is 17.3 Å². The van der Waals surface area contributed by atoms with Crippen LogP contribution in [0.2, 0.25) is 0 Å². The van der Waals surface area contributed by atoms with E-state index in [1.807, 2.05) is 18.2 Å². The Morgan fingerprint density at radius 3 is 2.83 bits per heavy atom. The van der Waals surface area contributed by atoms with Gasteiger partial charge in [-0.1, -0.05) is 24.3 Å². The van der Waals surface area contributed by atoms with Crippen molar-refractivity contribution in [2.75, 3.05) is 13.7 Å². The summed E-state index contributed by atoms with van der Waals surface area (Å²) in [6.45, 7) is 0.703. The van der Waals surface area contributed by atoms with Gasteiger partial charge in [0.1, 0.15) is 0 Å². The molecule has 0 spiro atoms. The van der Waals surface area contributed by atoms with E-state index in [0.29, 0.717) is 6.54 Å². The summed E-state index contributed by atoms with van der Waals surface area (Å²) in [6, 6.07) is 12.3. The number of carbonyl (C=O) groups excluding carboxylic acids is 1. The zero-order valence-corrected chi connectivity index (χ0v) is 13.9. The lowest BCUT2D eigenvalue weighted by Crippen LogP contribution is -2.55. The van der Waals surface area contributed by atoms with Gasteiger partial charge in [0.2, 0.25) is 0 Å². The molecule has 0 saturated carbocycles. The first-order chi connectivity index (χ1) is 11.7. The van der Waals surface area contributed by atoms with Crippen molar-refractivity contribution in [3.8, 4) is 11.1 Å².